The first kappa shape index (κ1) is 16.4. The highest BCUT2D eigenvalue weighted by Gasteiger charge is 2.46. The van der Waals surface area contributed by atoms with Crippen LogP contribution >= 0.6 is 0 Å². The number of nitrogens with zero attached hydrogens (tertiary/aromatic N) is 1. The van der Waals surface area contributed by atoms with Crippen molar-refractivity contribution >= 4 is 5.97 Å². The number of carboxylic acid groups (broad SMARTS) is 1. The SMILES string of the molecule is CCNC1(C(=O)O)CCC(N(CC)CCOCC)C1. The minimum absolute atomic E-state index is 0.348. The minimum atomic E-state index is -0.724. The van der Waals surface area contributed by atoms with Crippen molar-refractivity contribution in [2.45, 2.75) is 51.6 Å². The Morgan fingerprint density at radius 2 is 2.21 bits per heavy atom. The molecule has 1 aliphatic carbocycles. The third-order valence-electron chi connectivity index (χ3n) is 4.06. The van der Waals surface area contributed by atoms with Crippen molar-refractivity contribution in [1.29, 1.82) is 0 Å². The van der Waals surface area contributed by atoms with Gasteiger partial charge in [-0.15, -0.1) is 0 Å². The molecule has 0 radical (unpaired) electrons. The summed E-state index contributed by atoms with van der Waals surface area (Å²) in [5, 5.41) is 12.7. The van der Waals surface area contributed by atoms with Crippen LogP contribution in [-0.2, 0) is 9.53 Å². The van der Waals surface area contributed by atoms with E-state index in [4.69, 9.17) is 4.74 Å². The molecule has 19 heavy (non-hydrogen) atoms. The Morgan fingerprint density at radius 1 is 1.47 bits per heavy atom. The maximum absolute atomic E-state index is 11.5. The van der Waals surface area contributed by atoms with E-state index in [0.717, 1.165) is 32.7 Å². The summed E-state index contributed by atoms with van der Waals surface area (Å²) >= 11 is 0. The largest absolute Gasteiger partial charge is 0.480 e. The van der Waals surface area contributed by atoms with Crippen LogP contribution in [0.5, 0.6) is 0 Å². The van der Waals surface area contributed by atoms with E-state index in [1.165, 1.54) is 0 Å². The fourth-order valence-electron chi connectivity index (χ4n) is 3.02. The molecular weight excluding hydrogens is 244 g/mol. The van der Waals surface area contributed by atoms with Gasteiger partial charge in [-0.1, -0.05) is 13.8 Å². The summed E-state index contributed by atoms with van der Waals surface area (Å²) in [5.41, 5.74) is -0.724. The molecule has 2 atom stereocenters. The average molecular weight is 272 g/mol. The molecule has 1 rings (SSSR count). The van der Waals surface area contributed by atoms with Crippen LogP contribution in [0.2, 0.25) is 0 Å². The number of likely N-dealkylation sites (N-methyl/N-ethyl adjacent to an activating group) is 2. The first-order valence-corrected chi connectivity index (χ1v) is 7.39. The Kier molecular flexibility index (Phi) is 6.75. The predicted octanol–water partition coefficient (Wildman–Crippen LogP) is 1.33. The highest BCUT2D eigenvalue weighted by molar-refractivity contribution is 5.79. The van der Waals surface area contributed by atoms with E-state index in [1.807, 2.05) is 13.8 Å². The second-order valence-electron chi connectivity index (χ2n) is 5.14. The van der Waals surface area contributed by atoms with Gasteiger partial charge < -0.3 is 15.2 Å². The van der Waals surface area contributed by atoms with Crippen LogP contribution in [-0.4, -0.2) is 60.4 Å². The summed E-state index contributed by atoms with van der Waals surface area (Å²) in [4.78, 5) is 13.9. The fourth-order valence-corrected chi connectivity index (χ4v) is 3.02. The van der Waals surface area contributed by atoms with Crippen LogP contribution in [0.25, 0.3) is 0 Å². The quantitative estimate of drug-likeness (QED) is 0.620. The van der Waals surface area contributed by atoms with Crippen molar-refractivity contribution in [2.75, 3.05) is 32.8 Å². The highest BCUT2D eigenvalue weighted by Crippen LogP contribution is 2.33. The molecule has 0 saturated heterocycles. The molecular formula is C14H28N2O3. The van der Waals surface area contributed by atoms with Gasteiger partial charge in [-0.05, 0) is 39.3 Å². The van der Waals surface area contributed by atoms with Gasteiger partial charge in [0.25, 0.3) is 0 Å². The number of ether oxygens (including phenoxy) is 1. The zero-order chi connectivity index (χ0) is 14.3. The van der Waals surface area contributed by atoms with Crippen molar-refractivity contribution in [3.05, 3.63) is 0 Å². The Hall–Kier alpha value is -0.650. The van der Waals surface area contributed by atoms with E-state index in [0.29, 0.717) is 25.4 Å². The van der Waals surface area contributed by atoms with E-state index < -0.39 is 11.5 Å². The molecule has 1 fully saturated rings. The lowest BCUT2D eigenvalue weighted by molar-refractivity contribution is -0.144. The van der Waals surface area contributed by atoms with Crippen molar-refractivity contribution in [3.8, 4) is 0 Å². The third kappa shape index (κ3) is 4.16. The number of hydrogen-bond donors (Lipinski definition) is 2. The molecule has 2 N–H and O–H groups in total. The van der Waals surface area contributed by atoms with Gasteiger partial charge in [-0.3, -0.25) is 9.69 Å². The van der Waals surface area contributed by atoms with Gasteiger partial charge in [0.15, 0.2) is 0 Å². The molecule has 0 aliphatic heterocycles. The third-order valence-corrected chi connectivity index (χ3v) is 4.06. The van der Waals surface area contributed by atoms with Crippen molar-refractivity contribution < 1.29 is 14.6 Å². The monoisotopic (exact) mass is 272 g/mol. The molecule has 2 unspecified atom stereocenters. The Balaban J connectivity index is 2.58. The van der Waals surface area contributed by atoms with Crippen molar-refractivity contribution in [1.82, 2.24) is 10.2 Å². The van der Waals surface area contributed by atoms with Gasteiger partial charge in [-0.2, -0.15) is 0 Å². The Bertz CT molecular complexity index is 286. The lowest BCUT2D eigenvalue weighted by atomic mass is 9.97. The number of nitrogens with one attached hydrogen (secondary N) is 1. The molecule has 0 bridgehead atoms. The smallest absolute Gasteiger partial charge is 0.323 e. The van der Waals surface area contributed by atoms with Gasteiger partial charge >= 0.3 is 5.97 Å². The second kappa shape index (κ2) is 7.82. The first-order chi connectivity index (χ1) is 9.09. The van der Waals surface area contributed by atoms with Gasteiger partial charge in [0.2, 0.25) is 0 Å². The molecule has 1 aliphatic rings. The van der Waals surface area contributed by atoms with Crippen LogP contribution in [0.15, 0.2) is 0 Å². The van der Waals surface area contributed by atoms with E-state index in [1.54, 1.807) is 0 Å². The molecule has 0 aromatic heterocycles. The zero-order valence-electron chi connectivity index (χ0n) is 12.4. The lowest BCUT2D eigenvalue weighted by Gasteiger charge is -2.30. The van der Waals surface area contributed by atoms with E-state index in [9.17, 15) is 9.90 Å². The number of carbonyl (C=O) groups is 1. The summed E-state index contributed by atoms with van der Waals surface area (Å²) in [6.45, 7) is 10.1. The standard InChI is InChI=1S/C14H28N2O3/c1-4-15-14(13(17)18)8-7-12(11-14)16(5-2)9-10-19-6-3/h12,15H,4-11H2,1-3H3,(H,17,18). The normalized spacial score (nSPS) is 27.1. The predicted molar refractivity (Wildman–Crippen MR) is 75.4 cm³/mol. The molecule has 1 saturated carbocycles. The minimum Gasteiger partial charge on any atom is -0.480 e. The Labute approximate surface area is 116 Å². The van der Waals surface area contributed by atoms with Crippen LogP contribution in [0, 0.1) is 0 Å². The second-order valence-corrected chi connectivity index (χ2v) is 5.14. The molecule has 0 amide bonds. The summed E-state index contributed by atoms with van der Waals surface area (Å²) in [5.74, 6) is -0.710. The molecule has 0 aromatic rings. The Morgan fingerprint density at radius 3 is 2.74 bits per heavy atom. The van der Waals surface area contributed by atoms with E-state index in [2.05, 4.69) is 17.1 Å². The molecule has 0 spiro atoms. The summed E-state index contributed by atoms with van der Waals surface area (Å²) in [7, 11) is 0. The molecule has 0 heterocycles. The zero-order valence-corrected chi connectivity index (χ0v) is 12.4. The average Bonchev–Trinajstić information content (AvgIpc) is 2.81. The fraction of sp³-hybridized carbons (Fsp3) is 0.929. The summed E-state index contributed by atoms with van der Waals surface area (Å²) in [6, 6.07) is 0.348. The molecule has 112 valence electrons. The van der Waals surface area contributed by atoms with Crippen LogP contribution in [0.1, 0.15) is 40.0 Å². The van der Waals surface area contributed by atoms with E-state index >= 15 is 0 Å². The summed E-state index contributed by atoms with van der Waals surface area (Å²) in [6.07, 6.45) is 2.35. The van der Waals surface area contributed by atoms with Crippen molar-refractivity contribution in [2.24, 2.45) is 0 Å². The maximum Gasteiger partial charge on any atom is 0.323 e. The lowest BCUT2D eigenvalue weighted by Crippen LogP contribution is -2.51. The maximum atomic E-state index is 11.5. The number of rotatable bonds is 9. The van der Waals surface area contributed by atoms with Crippen molar-refractivity contribution in [3.63, 3.8) is 0 Å². The number of aliphatic carboxylic acids is 1. The molecule has 5 nitrogen and oxygen atoms in total. The van der Waals surface area contributed by atoms with Crippen LogP contribution in [0.4, 0.5) is 0 Å². The van der Waals surface area contributed by atoms with Gasteiger partial charge in [-0.25, -0.2) is 0 Å². The first-order valence-electron chi connectivity index (χ1n) is 7.39. The van der Waals surface area contributed by atoms with E-state index in [-0.39, 0.29) is 0 Å². The van der Waals surface area contributed by atoms with Gasteiger partial charge in [0, 0.05) is 19.2 Å². The van der Waals surface area contributed by atoms with Crippen LogP contribution < -0.4 is 5.32 Å². The molecule has 0 aromatic carbocycles. The topological polar surface area (TPSA) is 61.8 Å². The molecule has 5 heteroatoms. The van der Waals surface area contributed by atoms with Crippen LogP contribution in [0.3, 0.4) is 0 Å². The van der Waals surface area contributed by atoms with Gasteiger partial charge in [0.05, 0.1) is 6.61 Å². The number of hydrogen-bond acceptors (Lipinski definition) is 4. The summed E-state index contributed by atoms with van der Waals surface area (Å²) < 4.78 is 5.40. The van der Waals surface area contributed by atoms with Gasteiger partial charge in [0.1, 0.15) is 5.54 Å². The highest BCUT2D eigenvalue weighted by atomic mass is 16.5. The number of carboxylic acids is 1.